The second kappa shape index (κ2) is 5.65. The van der Waals surface area contributed by atoms with Crippen molar-refractivity contribution >= 4 is 17.4 Å². The van der Waals surface area contributed by atoms with Gasteiger partial charge in [0.25, 0.3) is 0 Å². The molecule has 1 aliphatic carbocycles. The molecule has 1 amide bonds. The van der Waals surface area contributed by atoms with Crippen molar-refractivity contribution in [2.75, 3.05) is 12.1 Å². The largest absolute Gasteiger partial charge is 0.454 e. The van der Waals surface area contributed by atoms with Crippen LogP contribution in [0, 0.1) is 17.3 Å². The highest BCUT2D eigenvalue weighted by Crippen LogP contribution is 2.59. The maximum Gasteiger partial charge on any atom is 0.231 e. The number of ether oxygens (including phenoxy) is 2. The number of carbonyl (C=O) groups is 2. The lowest BCUT2D eigenvalue weighted by Crippen LogP contribution is -2.18. The number of fused-ring (bicyclic) bond motifs is 1. The summed E-state index contributed by atoms with van der Waals surface area (Å²) in [7, 11) is 0. The number of hydrogen-bond acceptors (Lipinski definition) is 4. The molecule has 1 N–H and O–H groups in total. The lowest BCUT2D eigenvalue weighted by molar-refractivity contribution is -0.118. The summed E-state index contributed by atoms with van der Waals surface area (Å²) in [6.45, 7) is 9.85. The minimum absolute atomic E-state index is 0.0659. The number of amides is 1. The monoisotopic (exact) mass is 329 g/mol. The zero-order valence-electron chi connectivity index (χ0n) is 14.7. The summed E-state index contributed by atoms with van der Waals surface area (Å²) in [4.78, 5) is 24.6. The zero-order valence-corrected chi connectivity index (χ0v) is 14.7. The number of benzene rings is 1. The highest BCUT2D eigenvalue weighted by Gasteiger charge is 2.60. The van der Waals surface area contributed by atoms with Crippen molar-refractivity contribution in [1.29, 1.82) is 0 Å². The Hall–Kier alpha value is -2.30. The molecule has 3 rings (SSSR count). The van der Waals surface area contributed by atoms with Gasteiger partial charge in [0.2, 0.25) is 12.7 Å². The molecule has 1 aromatic carbocycles. The summed E-state index contributed by atoms with van der Waals surface area (Å²) in [6, 6.07) is 3.30. The predicted octanol–water partition coefficient (Wildman–Crippen LogP) is 3.79. The average molecular weight is 329 g/mol. The third-order valence-corrected chi connectivity index (χ3v) is 4.86. The van der Waals surface area contributed by atoms with E-state index >= 15 is 0 Å². The van der Waals surface area contributed by atoms with Crippen molar-refractivity contribution in [2.45, 2.75) is 34.6 Å². The van der Waals surface area contributed by atoms with Crippen LogP contribution in [0.15, 0.2) is 23.8 Å². The molecular weight excluding hydrogens is 306 g/mol. The minimum atomic E-state index is -0.125. The topological polar surface area (TPSA) is 64.6 Å². The van der Waals surface area contributed by atoms with Crippen LogP contribution in [0.2, 0.25) is 0 Å². The number of anilines is 1. The number of carbonyl (C=O) groups excluding carboxylic acids is 2. The van der Waals surface area contributed by atoms with Gasteiger partial charge in [0, 0.05) is 11.6 Å². The molecule has 2 aliphatic rings. The molecule has 5 nitrogen and oxygen atoms in total. The molecule has 1 heterocycles. The van der Waals surface area contributed by atoms with E-state index in [0.29, 0.717) is 22.7 Å². The van der Waals surface area contributed by atoms with Crippen LogP contribution in [0.3, 0.4) is 0 Å². The fraction of sp³-hybridized carbons (Fsp3) is 0.474. The van der Waals surface area contributed by atoms with Crippen molar-refractivity contribution in [3.63, 3.8) is 0 Å². The molecule has 0 unspecified atom stereocenters. The molecule has 0 spiro atoms. The van der Waals surface area contributed by atoms with Gasteiger partial charge in [-0.05, 0) is 38.2 Å². The number of ketones is 1. The molecule has 24 heavy (non-hydrogen) atoms. The normalized spacial score (nSPS) is 22.7. The van der Waals surface area contributed by atoms with Crippen LogP contribution in [-0.4, -0.2) is 18.5 Å². The lowest BCUT2D eigenvalue weighted by Gasteiger charge is -2.11. The Morgan fingerprint density at radius 3 is 2.38 bits per heavy atom. The first-order valence-corrected chi connectivity index (χ1v) is 8.12. The van der Waals surface area contributed by atoms with E-state index in [-0.39, 0.29) is 35.7 Å². The highest BCUT2D eigenvalue weighted by molar-refractivity contribution is 6.05. The number of hydrogen-bond donors (Lipinski definition) is 1. The Kier molecular flexibility index (Phi) is 3.90. The summed E-state index contributed by atoms with van der Waals surface area (Å²) in [6.07, 6.45) is 2.15. The molecule has 0 radical (unpaired) electrons. The lowest BCUT2D eigenvalue weighted by atomic mass is 10.1. The standard InChI is InChI=1S/C19H23NO4/c1-10(2)6-13-17(19(13,4)5)18(22)20-14-8-16-15(23-9-24-16)7-12(14)11(3)21/h6-8,13,17H,9H2,1-5H3,(H,20,22)/t13-,17+/m1/s1. The van der Waals surface area contributed by atoms with E-state index in [2.05, 4.69) is 25.2 Å². The maximum absolute atomic E-state index is 12.7. The van der Waals surface area contributed by atoms with Gasteiger partial charge in [-0.3, -0.25) is 9.59 Å². The minimum Gasteiger partial charge on any atom is -0.454 e. The summed E-state index contributed by atoms with van der Waals surface area (Å²) in [5.41, 5.74) is 2.05. The van der Waals surface area contributed by atoms with E-state index in [0.717, 1.165) is 0 Å². The molecule has 0 aromatic heterocycles. The number of allylic oxidation sites excluding steroid dienone is 2. The van der Waals surface area contributed by atoms with Crippen LogP contribution in [0.5, 0.6) is 11.5 Å². The van der Waals surface area contributed by atoms with Crippen LogP contribution in [0.25, 0.3) is 0 Å². The molecule has 1 aromatic rings. The molecule has 1 saturated carbocycles. The van der Waals surface area contributed by atoms with Gasteiger partial charge >= 0.3 is 0 Å². The second-order valence-electron chi connectivity index (χ2n) is 7.37. The fourth-order valence-electron chi connectivity index (χ4n) is 3.40. The molecule has 0 saturated heterocycles. The SMILES string of the molecule is CC(=O)c1cc2c(cc1NC(=O)[C@@H]1[C@@H](C=C(C)C)C1(C)C)OCO2. The second-order valence-corrected chi connectivity index (χ2v) is 7.37. The fourth-order valence-corrected chi connectivity index (χ4v) is 3.40. The van der Waals surface area contributed by atoms with E-state index in [1.165, 1.54) is 12.5 Å². The molecule has 0 bridgehead atoms. The molecule has 1 fully saturated rings. The van der Waals surface area contributed by atoms with Crippen molar-refractivity contribution < 1.29 is 19.1 Å². The van der Waals surface area contributed by atoms with Crippen LogP contribution >= 0.6 is 0 Å². The number of nitrogens with one attached hydrogen (secondary N) is 1. The van der Waals surface area contributed by atoms with E-state index < -0.39 is 0 Å². The molecule has 2 atom stereocenters. The number of rotatable bonds is 4. The Morgan fingerprint density at radius 1 is 1.17 bits per heavy atom. The average Bonchev–Trinajstić information content (AvgIpc) is 2.83. The first-order valence-electron chi connectivity index (χ1n) is 8.12. The van der Waals surface area contributed by atoms with Gasteiger partial charge in [0.15, 0.2) is 17.3 Å². The molecular formula is C19H23NO4. The third-order valence-electron chi connectivity index (χ3n) is 4.86. The molecule has 5 heteroatoms. The summed E-state index contributed by atoms with van der Waals surface area (Å²) in [5, 5.41) is 2.92. The van der Waals surface area contributed by atoms with Crippen molar-refractivity contribution in [3.05, 3.63) is 29.3 Å². The summed E-state index contributed by atoms with van der Waals surface area (Å²) >= 11 is 0. The highest BCUT2D eigenvalue weighted by atomic mass is 16.7. The molecule has 1 aliphatic heterocycles. The van der Waals surface area contributed by atoms with E-state index in [9.17, 15) is 9.59 Å². The summed E-state index contributed by atoms with van der Waals surface area (Å²) < 4.78 is 10.7. The van der Waals surface area contributed by atoms with Crippen LogP contribution in [0.4, 0.5) is 5.69 Å². The van der Waals surface area contributed by atoms with E-state index in [1.54, 1.807) is 12.1 Å². The Balaban J connectivity index is 1.85. The van der Waals surface area contributed by atoms with Gasteiger partial charge in [0.05, 0.1) is 11.6 Å². The van der Waals surface area contributed by atoms with Crippen LogP contribution in [0.1, 0.15) is 45.0 Å². The van der Waals surface area contributed by atoms with Crippen LogP contribution < -0.4 is 14.8 Å². The third kappa shape index (κ3) is 2.79. The van der Waals surface area contributed by atoms with E-state index in [4.69, 9.17) is 9.47 Å². The molecule has 128 valence electrons. The van der Waals surface area contributed by atoms with Crippen molar-refractivity contribution in [2.24, 2.45) is 17.3 Å². The quantitative estimate of drug-likeness (QED) is 0.674. The Bertz CT molecular complexity index is 744. The van der Waals surface area contributed by atoms with E-state index in [1.807, 2.05) is 13.8 Å². The van der Waals surface area contributed by atoms with Gasteiger partial charge in [-0.1, -0.05) is 25.5 Å². The van der Waals surface area contributed by atoms with Crippen molar-refractivity contribution in [1.82, 2.24) is 0 Å². The number of Topliss-reactive ketones (excluding diaryl/α,β-unsaturated/α-hetero) is 1. The van der Waals surface area contributed by atoms with Gasteiger partial charge < -0.3 is 14.8 Å². The summed E-state index contributed by atoms with van der Waals surface area (Å²) in [5.74, 6) is 1.01. The van der Waals surface area contributed by atoms with Gasteiger partial charge in [-0.15, -0.1) is 0 Å². The Labute approximate surface area is 142 Å². The Morgan fingerprint density at radius 2 is 1.79 bits per heavy atom. The van der Waals surface area contributed by atoms with Gasteiger partial charge in [-0.2, -0.15) is 0 Å². The van der Waals surface area contributed by atoms with Crippen LogP contribution in [-0.2, 0) is 4.79 Å². The zero-order chi connectivity index (χ0) is 17.6. The first kappa shape index (κ1) is 16.6. The van der Waals surface area contributed by atoms with Gasteiger partial charge in [-0.25, -0.2) is 0 Å². The van der Waals surface area contributed by atoms with Gasteiger partial charge in [0.1, 0.15) is 0 Å². The smallest absolute Gasteiger partial charge is 0.231 e. The first-order chi connectivity index (χ1) is 11.2. The maximum atomic E-state index is 12.7. The predicted molar refractivity (Wildman–Crippen MR) is 91.4 cm³/mol. The van der Waals surface area contributed by atoms with Crippen molar-refractivity contribution in [3.8, 4) is 11.5 Å².